The summed E-state index contributed by atoms with van der Waals surface area (Å²) in [5, 5.41) is 22.9. The first-order chi connectivity index (χ1) is 23.4. The molecule has 2 heterocycles. The van der Waals surface area contributed by atoms with Gasteiger partial charge >= 0.3 is 6.09 Å². The minimum absolute atomic E-state index is 0.144. The molecule has 49 heavy (non-hydrogen) atoms. The summed E-state index contributed by atoms with van der Waals surface area (Å²) in [6.07, 6.45) is 4.66. The fourth-order valence-electron chi connectivity index (χ4n) is 5.78. The summed E-state index contributed by atoms with van der Waals surface area (Å²) in [6, 6.07) is 18.3. The number of tetrazole rings is 1. The summed E-state index contributed by atoms with van der Waals surface area (Å²) in [5.74, 6) is 0.908. The van der Waals surface area contributed by atoms with Crippen LogP contribution in [0.5, 0.6) is 0 Å². The molecule has 0 saturated heterocycles. The third-order valence-electron chi connectivity index (χ3n) is 8.47. The van der Waals surface area contributed by atoms with Gasteiger partial charge < -0.3 is 25.6 Å². The number of ether oxygens (including phenoxy) is 1. The van der Waals surface area contributed by atoms with Gasteiger partial charge in [0.2, 0.25) is 17.6 Å². The van der Waals surface area contributed by atoms with E-state index in [1.165, 1.54) is 0 Å². The van der Waals surface area contributed by atoms with E-state index in [-0.39, 0.29) is 23.7 Å². The van der Waals surface area contributed by atoms with Gasteiger partial charge in [-0.15, -0.1) is 10.2 Å². The van der Waals surface area contributed by atoms with Gasteiger partial charge in [-0.05, 0) is 105 Å². The molecule has 258 valence electrons. The van der Waals surface area contributed by atoms with Crippen molar-refractivity contribution < 1.29 is 19.1 Å². The zero-order valence-electron chi connectivity index (χ0n) is 28.7. The number of H-pyrrole nitrogens is 1. The van der Waals surface area contributed by atoms with Crippen LogP contribution in [-0.2, 0) is 20.7 Å². The second kappa shape index (κ2) is 15.7. The predicted octanol–water partition coefficient (Wildman–Crippen LogP) is 4.99. The molecule has 0 spiro atoms. The number of hydrogen-bond donors (Lipinski definition) is 4. The Balaban J connectivity index is 1.23. The normalized spacial score (nSPS) is 16.7. The highest BCUT2D eigenvalue weighted by molar-refractivity contribution is 5.97. The Hall–Kier alpha value is -5.33. The van der Waals surface area contributed by atoms with Crippen LogP contribution in [0.4, 0.5) is 16.3 Å². The summed E-state index contributed by atoms with van der Waals surface area (Å²) in [4.78, 5) is 45.8. The molecule has 0 radical (unpaired) electrons. The van der Waals surface area contributed by atoms with Crippen molar-refractivity contribution in [2.75, 3.05) is 30.9 Å². The zero-order chi connectivity index (χ0) is 35.0. The lowest BCUT2D eigenvalue weighted by molar-refractivity contribution is -0.130. The third-order valence-corrected chi connectivity index (χ3v) is 8.47. The molecule has 4 aromatic rings. The van der Waals surface area contributed by atoms with Crippen molar-refractivity contribution in [3.8, 4) is 22.5 Å². The van der Waals surface area contributed by atoms with Gasteiger partial charge in [-0.25, -0.2) is 9.78 Å². The lowest BCUT2D eigenvalue weighted by Gasteiger charge is -2.29. The van der Waals surface area contributed by atoms with E-state index >= 15 is 0 Å². The maximum atomic E-state index is 13.7. The van der Waals surface area contributed by atoms with Gasteiger partial charge in [0.1, 0.15) is 17.5 Å². The van der Waals surface area contributed by atoms with E-state index in [4.69, 9.17) is 4.74 Å². The number of benzene rings is 2. The molecule has 1 atom stereocenters. The SMILES string of the molecule is CN(C)c1ccc(-c2ccc(CC(NC(=O)C3CCC(CNC(=O)OC(C)(C)C)CC3)C(=O)Nc3ccc(-c4nn[nH]n4)cc3)cc2)cn1. The van der Waals surface area contributed by atoms with Gasteiger partial charge in [-0.3, -0.25) is 9.59 Å². The Morgan fingerprint density at radius 2 is 1.59 bits per heavy atom. The Morgan fingerprint density at radius 3 is 2.18 bits per heavy atom. The molecule has 13 nitrogen and oxygen atoms in total. The van der Waals surface area contributed by atoms with E-state index in [0.717, 1.165) is 40.9 Å². The number of aromatic amines is 1. The maximum Gasteiger partial charge on any atom is 0.407 e. The molecular formula is C36H45N9O4. The van der Waals surface area contributed by atoms with E-state index in [0.29, 0.717) is 37.3 Å². The smallest absolute Gasteiger partial charge is 0.407 e. The van der Waals surface area contributed by atoms with Crippen LogP contribution in [0.1, 0.15) is 52.0 Å². The number of pyridine rings is 1. The molecule has 1 saturated carbocycles. The lowest BCUT2D eigenvalue weighted by atomic mass is 9.81. The van der Waals surface area contributed by atoms with Crippen molar-refractivity contribution in [3.05, 3.63) is 72.4 Å². The number of nitrogens with one attached hydrogen (secondary N) is 4. The first-order valence-electron chi connectivity index (χ1n) is 16.6. The van der Waals surface area contributed by atoms with E-state index in [2.05, 4.69) is 41.6 Å². The fourth-order valence-corrected chi connectivity index (χ4v) is 5.78. The summed E-state index contributed by atoms with van der Waals surface area (Å²) < 4.78 is 5.34. The molecule has 4 N–H and O–H groups in total. The van der Waals surface area contributed by atoms with Crippen molar-refractivity contribution in [2.24, 2.45) is 11.8 Å². The number of nitrogens with zero attached hydrogens (tertiary/aromatic N) is 5. The molecule has 2 aromatic carbocycles. The molecule has 1 aliphatic carbocycles. The summed E-state index contributed by atoms with van der Waals surface area (Å²) in [7, 11) is 3.90. The minimum atomic E-state index is -0.803. The molecule has 1 aliphatic rings. The molecule has 1 fully saturated rings. The van der Waals surface area contributed by atoms with Gasteiger partial charge in [0.05, 0.1) is 0 Å². The first kappa shape index (κ1) is 35.0. The largest absolute Gasteiger partial charge is 0.444 e. The van der Waals surface area contributed by atoms with Gasteiger partial charge in [0, 0.05) is 56.0 Å². The van der Waals surface area contributed by atoms with Crippen molar-refractivity contribution >= 4 is 29.4 Å². The van der Waals surface area contributed by atoms with Crippen molar-refractivity contribution in [1.29, 1.82) is 0 Å². The van der Waals surface area contributed by atoms with Crippen molar-refractivity contribution in [1.82, 2.24) is 36.2 Å². The van der Waals surface area contributed by atoms with Crippen molar-refractivity contribution in [3.63, 3.8) is 0 Å². The van der Waals surface area contributed by atoms with Gasteiger partial charge in [-0.2, -0.15) is 5.21 Å². The van der Waals surface area contributed by atoms with Crippen LogP contribution in [0.2, 0.25) is 0 Å². The van der Waals surface area contributed by atoms with Crippen LogP contribution in [0, 0.1) is 11.8 Å². The standard InChI is InChI=1S/C36H45N9O4/c1-36(2,3)49-35(48)38-21-24-8-12-27(13-9-24)33(46)40-30(34(47)39-29-17-14-26(15-18-29)32-41-43-44-42-32)20-23-6-10-25(11-7-23)28-16-19-31(37-22-28)45(4)5/h6-7,10-11,14-19,22,24,27,30H,8-9,12-13,20-21H2,1-5H3,(H,38,48)(H,39,47)(H,40,46)(H,41,42,43,44). The summed E-state index contributed by atoms with van der Waals surface area (Å²) >= 11 is 0. The highest BCUT2D eigenvalue weighted by Gasteiger charge is 2.30. The van der Waals surface area contributed by atoms with Gasteiger partial charge in [0.25, 0.3) is 0 Å². The Morgan fingerprint density at radius 1 is 0.918 bits per heavy atom. The van der Waals surface area contributed by atoms with E-state index in [1.807, 2.05) is 82.4 Å². The minimum Gasteiger partial charge on any atom is -0.444 e. The average Bonchev–Trinajstić information content (AvgIpc) is 3.62. The lowest BCUT2D eigenvalue weighted by Crippen LogP contribution is -2.48. The molecule has 13 heteroatoms. The quantitative estimate of drug-likeness (QED) is 0.172. The van der Waals surface area contributed by atoms with Crippen LogP contribution in [0.25, 0.3) is 22.5 Å². The van der Waals surface area contributed by atoms with Crippen LogP contribution in [-0.4, -0.2) is 75.8 Å². The van der Waals surface area contributed by atoms with Crippen molar-refractivity contribution in [2.45, 2.75) is 64.5 Å². The van der Waals surface area contributed by atoms with E-state index in [9.17, 15) is 14.4 Å². The third kappa shape index (κ3) is 10.1. The van der Waals surface area contributed by atoms with Crippen LogP contribution >= 0.6 is 0 Å². The molecule has 2 aromatic heterocycles. The molecule has 0 aliphatic heterocycles. The molecule has 0 bridgehead atoms. The first-order valence-corrected chi connectivity index (χ1v) is 16.6. The average molecular weight is 668 g/mol. The molecule has 1 unspecified atom stereocenters. The summed E-state index contributed by atoms with van der Waals surface area (Å²) in [5.41, 5.74) is 3.68. The topological polar surface area (TPSA) is 167 Å². The fraction of sp³-hybridized carbons (Fsp3) is 0.417. The molecule has 5 rings (SSSR count). The number of carbonyl (C=O) groups excluding carboxylic acids is 3. The van der Waals surface area contributed by atoms with Crippen LogP contribution in [0.15, 0.2) is 66.9 Å². The zero-order valence-corrected chi connectivity index (χ0v) is 28.7. The predicted molar refractivity (Wildman–Crippen MR) is 188 cm³/mol. The number of alkyl carbamates (subject to hydrolysis) is 1. The second-order valence-electron chi connectivity index (χ2n) is 13.7. The van der Waals surface area contributed by atoms with Gasteiger partial charge in [-0.1, -0.05) is 24.3 Å². The Bertz CT molecular complexity index is 1680. The number of carbonyl (C=O) groups is 3. The van der Waals surface area contributed by atoms with Gasteiger partial charge in [0.15, 0.2) is 0 Å². The highest BCUT2D eigenvalue weighted by Crippen LogP contribution is 2.29. The Kier molecular flexibility index (Phi) is 11.2. The number of rotatable bonds is 11. The molecule has 3 amide bonds. The van der Waals surface area contributed by atoms with Crippen LogP contribution in [0.3, 0.4) is 0 Å². The monoisotopic (exact) mass is 667 g/mol. The van der Waals surface area contributed by atoms with E-state index < -0.39 is 17.7 Å². The highest BCUT2D eigenvalue weighted by atomic mass is 16.6. The number of anilines is 2. The summed E-state index contributed by atoms with van der Waals surface area (Å²) in [6.45, 7) is 5.99. The maximum absolute atomic E-state index is 13.7. The van der Waals surface area contributed by atoms with Crippen LogP contribution < -0.4 is 20.9 Å². The number of hydrogen-bond acceptors (Lipinski definition) is 9. The number of aromatic nitrogens is 5. The van der Waals surface area contributed by atoms with E-state index in [1.54, 1.807) is 24.3 Å². The Labute approximate surface area is 286 Å². The number of amides is 3. The second-order valence-corrected chi connectivity index (χ2v) is 13.7. The molecular weight excluding hydrogens is 622 g/mol.